The summed E-state index contributed by atoms with van der Waals surface area (Å²) in [5, 5.41) is 0. The van der Waals surface area contributed by atoms with E-state index in [-0.39, 0.29) is 5.41 Å². The van der Waals surface area contributed by atoms with Crippen LogP contribution in [0.15, 0.2) is 131 Å². The molecule has 59 heavy (non-hydrogen) atoms. The van der Waals surface area contributed by atoms with Gasteiger partial charge in [-0.05, 0) is 190 Å². The van der Waals surface area contributed by atoms with Crippen molar-refractivity contribution >= 4 is 11.9 Å². The Morgan fingerprint density at radius 3 is 0.915 bits per heavy atom. The second kappa shape index (κ2) is 17.0. The molecule has 0 atom stereocenters. The molecule has 0 fully saturated rings. The quantitative estimate of drug-likeness (QED) is 0.102. The van der Waals surface area contributed by atoms with Gasteiger partial charge in [-0.15, -0.1) is 4.91 Å². The van der Waals surface area contributed by atoms with Crippen molar-refractivity contribution in [2.24, 2.45) is 4.58 Å². The fourth-order valence-corrected chi connectivity index (χ4v) is 10.0. The van der Waals surface area contributed by atoms with Gasteiger partial charge in [-0.25, -0.2) is 0 Å². The molecule has 0 radical (unpaired) electrons. The van der Waals surface area contributed by atoms with Gasteiger partial charge in [-0.3, -0.25) is 0 Å². The summed E-state index contributed by atoms with van der Waals surface area (Å²) in [6, 6.07) is 44.6. The van der Waals surface area contributed by atoms with E-state index in [9.17, 15) is 4.91 Å². The highest BCUT2D eigenvalue weighted by atomic mass is 32.2. The van der Waals surface area contributed by atoms with E-state index >= 15 is 0 Å². The van der Waals surface area contributed by atoms with E-state index in [0.717, 1.165) is 28.0 Å². The minimum Gasteiger partial charge on any atom is -0.137 e. The lowest BCUT2D eigenvalue weighted by Crippen LogP contribution is -2.14. The van der Waals surface area contributed by atoms with E-state index in [1.54, 1.807) is 0 Å². The molecule has 0 bridgehead atoms. The van der Waals surface area contributed by atoms with Crippen molar-refractivity contribution in [2.45, 2.75) is 99.3 Å². The normalized spacial score (nSPS) is 11.6. The molecule has 2 nitrogen and oxygen atoms in total. The average molecular weight is 792 g/mol. The van der Waals surface area contributed by atoms with Crippen LogP contribution in [0.2, 0.25) is 0 Å². The van der Waals surface area contributed by atoms with Gasteiger partial charge in [0, 0.05) is 9.48 Å². The van der Waals surface area contributed by atoms with Gasteiger partial charge in [0.2, 0.25) is 0 Å². The summed E-state index contributed by atoms with van der Waals surface area (Å²) < 4.78 is 3.60. The van der Waals surface area contributed by atoms with Gasteiger partial charge < -0.3 is 0 Å². The Labute approximate surface area is 357 Å². The van der Waals surface area contributed by atoms with Crippen molar-refractivity contribution in [3.8, 4) is 44.5 Å². The van der Waals surface area contributed by atoms with E-state index in [0.29, 0.717) is 12.8 Å². The van der Waals surface area contributed by atoms with Crippen molar-refractivity contribution in [3.63, 3.8) is 0 Å². The Morgan fingerprint density at radius 1 is 0.424 bits per heavy atom. The fraction of sp³-hybridized carbons (Fsp3) is 0.250. The first-order chi connectivity index (χ1) is 28.2. The number of hydrogen-bond acceptors (Lipinski definition) is 3. The molecule has 298 valence electrons. The minimum absolute atomic E-state index is 0.148. The van der Waals surface area contributed by atoms with Crippen LogP contribution in [-0.2, 0) is 18.3 Å². The molecule has 0 saturated carbocycles. The average Bonchev–Trinajstić information content (AvgIpc) is 3.17. The van der Waals surface area contributed by atoms with Crippen molar-refractivity contribution in [3.05, 3.63) is 199 Å². The summed E-state index contributed by atoms with van der Waals surface area (Å²) in [7, 11) is 0. The standard InChI is InChI=1S/C56H57NOS/c1-34-18-12-19-35(2)51(34)45-26-16-27-46(52-36(3)20-13-21-37(52)4)49(45)32-42-30-44(56(9,10)11)31-43(55(42)59-57-58)33-50-47(53-38(5)22-14-23-39(53)6)28-17-29-48(50)54-40(7)24-15-25-41(54)8/h12-31H,32-33H2,1-11H3. The molecule has 0 spiro atoms. The number of aryl methyl sites for hydroxylation is 8. The number of rotatable bonds is 10. The summed E-state index contributed by atoms with van der Waals surface area (Å²) in [5.74, 6) is 0. The topological polar surface area (TPSA) is 29.4 Å². The Kier molecular flexibility index (Phi) is 12.0. The second-order valence-electron chi connectivity index (χ2n) is 17.6. The van der Waals surface area contributed by atoms with E-state index < -0.39 is 0 Å². The van der Waals surface area contributed by atoms with E-state index in [2.05, 4.69) is 202 Å². The lowest BCUT2D eigenvalue weighted by Gasteiger charge is -2.26. The fourth-order valence-electron chi connectivity index (χ4n) is 9.43. The smallest absolute Gasteiger partial charge is 0.0576 e. The van der Waals surface area contributed by atoms with Gasteiger partial charge in [0.25, 0.3) is 0 Å². The molecule has 0 aliphatic heterocycles. The number of nitrogens with zero attached hydrogens (tertiary/aromatic N) is 1. The third-order valence-electron chi connectivity index (χ3n) is 12.3. The van der Waals surface area contributed by atoms with Gasteiger partial charge in [-0.2, -0.15) is 0 Å². The molecule has 7 rings (SSSR count). The molecule has 0 aliphatic rings. The van der Waals surface area contributed by atoms with E-state index in [1.165, 1.54) is 106 Å². The summed E-state index contributed by atoms with van der Waals surface area (Å²) in [6.07, 6.45) is 1.29. The highest BCUT2D eigenvalue weighted by Gasteiger charge is 2.26. The molecule has 0 aromatic heterocycles. The maximum absolute atomic E-state index is 12.7. The van der Waals surface area contributed by atoms with Crippen LogP contribution in [0.1, 0.15) is 93.1 Å². The van der Waals surface area contributed by atoms with Crippen molar-refractivity contribution in [1.82, 2.24) is 0 Å². The van der Waals surface area contributed by atoms with Crippen molar-refractivity contribution < 1.29 is 0 Å². The van der Waals surface area contributed by atoms with Gasteiger partial charge in [0.1, 0.15) is 0 Å². The molecule has 7 aromatic carbocycles. The maximum atomic E-state index is 12.7. The van der Waals surface area contributed by atoms with Crippen LogP contribution in [0.3, 0.4) is 0 Å². The molecule has 0 heterocycles. The largest absolute Gasteiger partial charge is 0.137 e. The van der Waals surface area contributed by atoms with Gasteiger partial charge >= 0.3 is 0 Å². The predicted molar refractivity (Wildman–Crippen MR) is 255 cm³/mol. The molecule has 0 amide bonds. The molecule has 0 aliphatic carbocycles. The SMILES string of the molecule is Cc1cccc(C)c1-c1cccc(-c2c(C)cccc2C)c1Cc1cc(C(C)(C)C)cc(Cc2c(-c3c(C)cccc3C)cccc2-c2c(C)cccc2C)c1SN=O. The molecule has 0 unspecified atom stereocenters. The maximum Gasteiger partial charge on any atom is 0.0576 e. The highest BCUT2D eigenvalue weighted by molar-refractivity contribution is 7.98. The second-order valence-corrected chi connectivity index (χ2v) is 18.4. The van der Waals surface area contributed by atoms with E-state index in [4.69, 9.17) is 0 Å². The highest BCUT2D eigenvalue weighted by Crippen LogP contribution is 2.45. The van der Waals surface area contributed by atoms with Gasteiger partial charge in [-0.1, -0.05) is 142 Å². The third kappa shape index (κ3) is 8.23. The first kappa shape index (κ1) is 41.6. The predicted octanol–water partition coefficient (Wildman–Crippen LogP) is 16.1. The van der Waals surface area contributed by atoms with Crippen LogP contribution >= 0.6 is 11.9 Å². The first-order valence-corrected chi connectivity index (χ1v) is 21.6. The molecule has 7 aromatic rings. The molecule has 0 saturated heterocycles. The lowest BCUT2D eigenvalue weighted by atomic mass is 9.79. The van der Waals surface area contributed by atoms with Crippen LogP contribution in [0.4, 0.5) is 0 Å². The van der Waals surface area contributed by atoms with Crippen molar-refractivity contribution in [1.29, 1.82) is 0 Å². The zero-order chi connectivity index (χ0) is 42.2. The molecular formula is C56H57NOS. The third-order valence-corrected chi connectivity index (χ3v) is 13.1. The zero-order valence-corrected chi connectivity index (χ0v) is 37.5. The summed E-state index contributed by atoms with van der Waals surface area (Å²) in [4.78, 5) is 13.6. The summed E-state index contributed by atoms with van der Waals surface area (Å²) in [6.45, 7) is 24.6. The molecule has 0 N–H and O–H groups in total. The minimum atomic E-state index is -0.148. The zero-order valence-electron chi connectivity index (χ0n) is 36.7. The number of hydrogen-bond donors (Lipinski definition) is 0. The number of nitroso groups, excluding NO2 is 1. The van der Waals surface area contributed by atoms with Gasteiger partial charge in [0.15, 0.2) is 0 Å². The Hall–Kier alpha value is -5.51. The van der Waals surface area contributed by atoms with Gasteiger partial charge in [0.05, 0.1) is 11.9 Å². The Balaban J connectivity index is 1.54. The van der Waals surface area contributed by atoms with Crippen LogP contribution < -0.4 is 0 Å². The van der Waals surface area contributed by atoms with Crippen molar-refractivity contribution in [2.75, 3.05) is 0 Å². The summed E-state index contributed by atoms with van der Waals surface area (Å²) in [5.41, 5.74) is 25.9. The molecular weight excluding hydrogens is 735 g/mol. The lowest BCUT2D eigenvalue weighted by molar-refractivity contribution is 0.587. The van der Waals surface area contributed by atoms with E-state index in [1.807, 2.05) is 0 Å². The molecule has 3 heteroatoms. The van der Waals surface area contributed by atoms with Crippen LogP contribution in [-0.4, -0.2) is 0 Å². The van der Waals surface area contributed by atoms with Crippen LogP contribution in [0.5, 0.6) is 0 Å². The Bertz CT molecular complexity index is 2330. The monoisotopic (exact) mass is 791 g/mol. The number of benzene rings is 7. The van der Waals surface area contributed by atoms with Crippen LogP contribution in [0, 0.1) is 60.3 Å². The Morgan fingerprint density at radius 2 is 0.678 bits per heavy atom. The van der Waals surface area contributed by atoms with Crippen LogP contribution in [0.25, 0.3) is 44.5 Å². The first-order valence-electron chi connectivity index (χ1n) is 20.9. The summed E-state index contributed by atoms with van der Waals surface area (Å²) >= 11 is 1.09.